The summed E-state index contributed by atoms with van der Waals surface area (Å²) in [7, 11) is 0. The van der Waals surface area contributed by atoms with E-state index in [2.05, 4.69) is 41.7 Å². The molecule has 2 aromatic rings. The molecule has 1 aromatic carbocycles. The minimum absolute atomic E-state index is 0.125. The lowest BCUT2D eigenvalue weighted by Gasteiger charge is -2.26. The van der Waals surface area contributed by atoms with E-state index >= 15 is 0 Å². The first-order chi connectivity index (χ1) is 12.9. The van der Waals surface area contributed by atoms with E-state index < -0.39 is 0 Å². The second-order valence-corrected chi connectivity index (χ2v) is 7.60. The van der Waals surface area contributed by atoms with Crippen molar-refractivity contribution in [2.24, 2.45) is 10.4 Å². The predicted octanol–water partition coefficient (Wildman–Crippen LogP) is 3.94. The van der Waals surface area contributed by atoms with Gasteiger partial charge in [0, 0.05) is 22.7 Å². The number of rotatable bonds is 2. The van der Waals surface area contributed by atoms with Crippen molar-refractivity contribution in [3.63, 3.8) is 0 Å². The maximum Gasteiger partial charge on any atom is 0.340 e. The van der Waals surface area contributed by atoms with E-state index in [1.54, 1.807) is 12.3 Å². The van der Waals surface area contributed by atoms with Gasteiger partial charge in [0.1, 0.15) is 13.0 Å². The fourth-order valence-electron chi connectivity index (χ4n) is 3.60. The van der Waals surface area contributed by atoms with Crippen LogP contribution < -0.4 is 4.90 Å². The van der Waals surface area contributed by atoms with Crippen LogP contribution in [0.3, 0.4) is 0 Å². The molecule has 0 bridgehead atoms. The number of hydrogen-bond donors (Lipinski definition) is 0. The zero-order chi connectivity index (χ0) is 19.2. The molecule has 0 radical (unpaired) electrons. The van der Waals surface area contributed by atoms with E-state index in [1.165, 1.54) is 6.33 Å². The third-order valence-electron chi connectivity index (χ3n) is 4.70. The summed E-state index contributed by atoms with van der Waals surface area (Å²) in [6, 6.07) is 5.65. The van der Waals surface area contributed by atoms with Gasteiger partial charge in [-0.3, -0.25) is 4.99 Å². The van der Waals surface area contributed by atoms with Crippen LogP contribution in [-0.4, -0.2) is 34.9 Å². The molecule has 0 amide bonds. The molecule has 2 aliphatic rings. The number of carbonyl (C=O) groups excluding carboxylic acids is 1. The summed E-state index contributed by atoms with van der Waals surface area (Å²) in [6.07, 6.45) is 5.41. The summed E-state index contributed by atoms with van der Waals surface area (Å²) in [4.78, 5) is 28.3. The third kappa shape index (κ3) is 2.81. The van der Waals surface area contributed by atoms with E-state index in [0.29, 0.717) is 18.8 Å². The van der Waals surface area contributed by atoms with Gasteiger partial charge in [-0.2, -0.15) is 0 Å². The van der Waals surface area contributed by atoms with E-state index in [4.69, 9.17) is 9.73 Å². The van der Waals surface area contributed by atoms with Crippen LogP contribution in [0.1, 0.15) is 43.6 Å². The maximum atomic E-state index is 12.7. The first-order valence-corrected chi connectivity index (χ1v) is 9.07. The summed E-state index contributed by atoms with van der Waals surface area (Å²) in [5.41, 5.74) is 5.78. The fraction of sp³-hybridized carbons (Fsp3) is 0.333. The Balaban J connectivity index is 2.00. The van der Waals surface area contributed by atoms with Crippen molar-refractivity contribution in [1.82, 2.24) is 9.97 Å². The van der Waals surface area contributed by atoms with Crippen LogP contribution in [0.15, 0.2) is 41.4 Å². The Morgan fingerprint density at radius 3 is 2.85 bits per heavy atom. The van der Waals surface area contributed by atoms with E-state index in [1.807, 2.05) is 19.1 Å². The molecule has 0 unspecified atom stereocenters. The second-order valence-electron chi connectivity index (χ2n) is 7.60. The molecular formula is C21H22N4O2. The molecule has 0 saturated heterocycles. The Morgan fingerprint density at radius 1 is 1.30 bits per heavy atom. The first kappa shape index (κ1) is 17.4. The van der Waals surface area contributed by atoms with Crippen molar-refractivity contribution in [2.75, 3.05) is 18.2 Å². The van der Waals surface area contributed by atoms with Crippen molar-refractivity contribution in [3.8, 4) is 11.3 Å². The van der Waals surface area contributed by atoms with Crippen molar-refractivity contribution < 1.29 is 9.53 Å². The van der Waals surface area contributed by atoms with Gasteiger partial charge in [0.25, 0.3) is 0 Å². The summed E-state index contributed by atoms with van der Waals surface area (Å²) < 4.78 is 5.31. The van der Waals surface area contributed by atoms with Crippen LogP contribution in [0.4, 0.5) is 5.69 Å². The number of allylic oxidation sites excluding steroid dienone is 1. The van der Waals surface area contributed by atoms with Crippen LogP contribution >= 0.6 is 0 Å². The van der Waals surface area contributed by atoms with Gasteiger partial charge in [-0.15, -0.1) is 0 Å². The largest absolute Gasteiger partial charge is 0.462 e. The Morgan fingerprint density at radius 2 is 2.11 bits per heavy atom. The highest BCUT2D eigenvalue weighted by Crippen LogP contribution is 2.43. The molecule has 0 fully saturated rings. The molecule has 138 valence electrons. The van der Waals surface area contributed by atoms with Crippen molar-refractivity contribution in [3.05, 3.63) is 47.5 Å². The summed E-state index contributed by atoms with van der Waals surface area (Å²) >= 11 is 0. The Bertz CT molecular complexity index is 986. The zero-order valence-corrected chi connectivity index (χ0v) is 16.0. The number of carbonyl (C=O) groups is 1. The summed E-state index contributed by atoms with van der Waals surface area (Å²) in [5.74, 6) is -0.338. The van der Waals surface area contributed by atoms with Gasteiger partial charge in [-0.05, 0) is 19.1 Å². The van der Waals surface area contributed by atoms with Gasteiger partial charge >= 0.3 is 5.97 Å². The van der Waals surface area contributed by atoms with Crippen molar-refractivity contribution in [1.29, 1.82) is 0 Å². The highest BCUT2D eigenvalue weighted by molar-refractivity contribution is 6.15. The zero-order valence-electron chi connectivity index (χ0n) is 16.0. The lowest BCUT2D eigenvalue weighted by atomic mass is 9.87. The molecule has 0 saturated carbocycles. The second kappa shape index (κ2) is 6.30. The molecule has 6 heteroatoms. The lowest BCUT2D eigenvalue weighted by molar-refractivity contribution is 0.0527. The average Bonchev–Trinajstić information content (AvgIpc) is 3.00. The van der Waals surface area contributed by atoms with Crippen molar-refractivity contribution >= 4 is 23.4 Å². The minimum Gasteiger partial charge on any atom is -0.462 e. The predicted molar refractivity (Wildman–Crippen MR) is 106 cm³/mol. The van der Waals surface area contributed by atoms with Gasteiger partial charge in [-0.1, -0.05) is 32.9 Å². The number of hydrogen-bond acceptors (Lipinski definition) is 6. The third-order valence-corrected chi connectivity index (χ3v) is 4.70. The number of benzene rings is 1. The van der Waals surface area contributed by atoms with Crippen LogP contribution in [0.5, 0.6) is 0 Å². The molecule has 0 atom stereocenters. The van der Waals surface area contributed by atoms with Gasteiger partial charge < -0.3 is 9.64 Å². The van der Waals surface area contributed by atoms with Gasteiger partial charge in [0.2, 0.25) is 0 Å². The first-order valence-electron chi connectivity index (χ1n) is 9.07. The summed E-state index contributed by atoms with van der Waals surface area (Å²) in [6.45, 7) is 9.02. The fourth-order valence-corrected chi connectivity index (χ4v) is 3.60. The molecule has 3 heterocycles. The SMILES string of the molecule is CCOC(=O)c1cccc2c1N1CN=C(C(C)(C)C)C1=Cc1cncnc1-2. The summed E-state index contributed by atoms with van der Waals surface area (Å²) in [5, 5.41) is 0. The van der Waals surface area contributed by atoms with Gasteiger partial charge in [0.05, 0.1) is 35.0 Å². The van der Waals surface area contributed by atoms with Gasteiger partial charge in [0.15, 0.2) is 0 Å². The molecular weight excluding hydrogens is 340 g/mol. The monoisotopic (exact) mass is 362 g/mol. The molecule has 0 spiro atoms. The number of para-hydroxylation sites is 1. The van der Waals surface area contributed by atoms with Crippen LogP contribution in [0.2, 0.25) is 0 Å². The van der Waals surface area contributed by atoms with E-state index in [0.717, 1.165) is 33.9 Å². The van der Waals surface area contributed by atoms with Crippen LogP contribution in [0, 0.1) is 5.41 Å². The van der Waals surface area contributed by atoms with Gasteiger partial charge in [-0.25, -0.2) is 14.8 Å². The van der Waals surface area contributed by atoms with Crippen LogP contribution in [-0.2, 0) is 4.74 Å². The number of aromatic nitrogens is 2. The molecule has 4 rings (SSSR count). The standard InChI is InChI=1S/C21H22N4O2/c1-5-27-20(26)15-8-6-7-14-17-13(10-22-11-23-17)9-16-19(21(2,3)4)24-12-25(16)18(14)15/h6-11H,5,12H2,1-4H3. The van der Waals surface area contributed by atoms with Crippen molar-refractivity contribution in [2.45, 2.75) is 27.7 Å². The number of fused-ring (bicyclic) bond motifs is 5. The topological polar surface area (TPSA) is 67.7 Å². The molecule has 0 aliphatic carbocycles. The number of esters is 1. The Labute approximate surface area is 158 Å². The Hall–Kier alpha value is -3.02. The molecule has 6 nitrogen and oxygen atoms in total. The molecule has 0 N–H and O–H groups in total. The minimum atomic E-state index is -0.338. The van der Waals surface area contributed by atoms with Crippen LogP contribution in [0.25, 0.3) is 17.3 Å². The number of aliphatic imine (C=N–C) groups is 1. The molecule has 27 heavy (non-hydrogen) atoms. The average molecular weight is 362 g/mol. The number of nitrogens with zero attached hydrogens (tertiary/aromatic N) is 4. The maximum absolute atomic E-state index is 12.7. The van der Waals surface area contributed by atoms with E-state index in [-0.39, 0.29) is 11.4 Å². The molecule has 2 aliphatic heterocycles. The quantitative estimate of drug-likeness (QED) is 0.757. The van der Waals surface area contributed by atoms with E-state index in [9.17, 15) is 4.79 Å². The normalized spacial score (nSPS) is 15.2. The lowest BCUT2D eigenvalue weighted by Crippen LogP contribution is -2.28. The Kier molecular flexibility index (Phi) is 4.06. The number of anilines is 1. The molecule has 1 aromatic heterocycles. The highest BCUT2D eigenvalue weighted by Gasteiger charge is 2.36. The number of ether oxygens (including phenoxy) is 1. The highest BCUT2D eigenvalue weighted by atomic mass is 16.5. The smallest absolute Gasteiger partial charge is 0.340 e.